The van der Waals surface area contributed by atoms with Crippen LogP contribution in [0.3, 0.4) is 0 Å². The van der Waals surface area contributed by atoms with Gasteiger partial charge in [-0.05, 0) is 32.0 Å². The molecule has 0 radical (unpaired) electrons. The number of carboxylic acid groups (broad SMARTS) is 1. The van der Waals surface area contributed by atoms with Crippen molar-refractivity contribution in [2.24, 2.45) is 0 Å². The number of carbonyl (C=O) groups is 2. The topological polar surface area (TPSA) is 78.4 Å². The van der Waals surface area contributed by atoms with Crippen LogP contribution in [0.15, 0.2) is 29.8 Å². The van der Waals surface area contributed by atoms with E-state index in [-0.39, 0.29) is 10.6 Å². The van der Waals surface area contributed by atoms with Gasteiger partial charge in [0.15, 0.2) is 0 Å². The van der Waals surface area contributed by atoms with Crippen LogP contribution in [0.1, 0.15) is 24.2 Å². The molecule has 102 valence electrons. The van der Waals surface area contributed by atoms with Crippen molar-refractivity contribution in [3.63, 3.8) is 0 Å². The second kappa shape index (κ2) is 6.80. The Morgan fingerprint density at radius 3 is 2.58 bits per heavy atom. The second-order valence-corrected chi connectivity index (χ2v) is 4.59. The Morgan fingerprint density at radius 2 is 2.00 bits per heavy atom. The molecule has 19 heavy (non-hydrogen) atoms. The van der Waals surface area contributed by atoms with E-state index in [4.69, 9.17) is 16.7 Å². The third-order valence-electron chi connectivity index (χ3n) is 2.18. The molecular formula is C13H15ClN2O3. The number of nitrogens with one attached hydrogen (secondary N) is 2. The van der Waals surface area contributed by atoms with Gasteiger partial charge in [-0.2, -0.15) is 0 Å². The van der Waals surface area contributed by atoms with Crippen molar-refractivity contribution in [3.05, 3.63) is 40.4 Å². The first-order valence-electron chi connectivity index (χ1n) is 5.60. The lowest BCUT2D eigenvalue weighted by Gasteiger charge is -2.07. The molecule has 0 aliphatic carbocycles. The Bertz CT molecular complexity index is 523. The molecule has 0 atom stereocenters. The van der Waals surface area contributed by atoms with Crippen LogP contribution < -0.4 is 10.6 Å². The molecule has 0 spiro atoms. The predicted octanol–water partition coefficient (Wildman–Crippen LogP) is 3.13. The van der Waals surface area contributed by atoms with Crippen molar-refractivity contribution in [1.29, 1.82) is 0 Å². The highest BCUT2D eigenvalue weighted by Crippen LogP contribution is 2.19. The molecule has 0 saturated carbocycles. The highest BCUT2D eigenvalue weighted by molar-refractivity contribution is 6.31. The Morgan fingerprint density at radius 1 is 1.32 bits per heavy atom. The number of carboxylic acids is 1. The first kappa shape index (κ1) is 15.0. The van der Waals surface area contributed by atoms with Crippen LogP contribution in [-0.2, 0) is 0 Å². The smallest absolute Gasteiger partial charge is 0.335 e. The van der Waals surface area contributed by atoms with Crippen LogP contribution in [0.5, 0.6) is 0 Å². The van der Waals surface area contributed by atoms with Crippen LogP contribution in [0.25, 0.3) is 0 Å². The van der Waals surface area contributed by atoms with Gasteiger partial charge in [-0.1, -0.05) is 23.3 Å². The maximum Gasteiger partial charge on any atom is 0.335 e. The molecule has 0 aliphatic heterocycles. The van der Waals surface area contributed by atoms with E-state index in [0.29, 0.717) is 12.2 Å². The summed E-state index contributed by atoms with van der Waals surface area (Å²) in [5, 5.41) is 14.3. The van der Waals surface area contributed by atoms with E-state index >= 15 is 0 Å². The third kappa shape index (κ3) is 5.44. The van der Waals surface area contributed by atoms with Gasteiger partial charge in [-0.25, -0.2) is 9.59 Å². The molecule has 1 aromatic carbocycles. The van der Waals surface area contributed by atoms with Crippen molar-refractivity contribution in [2.45, 2.75) is 13.8 Å². The molecule has 0 unspecified atom stereocenters. The molecule has 0 bridgehead atoms. The summed E-state index contributed by atoms with van der Waals surface area (Å²) in [5.74, 6) is -1.10. The van der Waals surface area contributed by atoms with E-state index in [1.54, 1.807) is 0 Å². The number of anilines is 1. The third-order valence-corrected chi connectivity index (χ3v) is 2.39. The number of benzene rings is 1. The van der Waals surface area contributed by atoms with E-state index in [1.807, 2.05) is 19.9 Å². The van der Waals surface area contributed by atoms with Gasteiger partial charge in [0.25, 0.3) is 0 Å². The zero-order valence-electron chi connectivity index (χ0n) is 10.7. The summed E-state index contributed by atoms with van der Waals surface area (Å²) < 4.78 is 0. The molecule has 3 N–H and O–H groups in total. The lowest BCUT2D eigenvalue weighted by Crippen LogP contribution is -2.28. The van der Waals surface area contributed by atoms with Crippen LogP contribution in [-0.4, -0.2) is 23.7 Å². The largest absolute Gasteiger partial charge is 0.478 e. The molecule has 0 heterocycles. The second-order valence-electron chi connectivity index (χ2n) is 4.15. The number of hydrogen-bond donors (Lipinski definition) is 3. The first-order chi connectivity index (χ1) is 8.88. The summed E-state index contributed by atoms with van der Waals surface area (Å²) in [6.45, 7) is 4.26. The van der Waals surface area contributed by atoms with Gasteiger partial charge in [-0.15, -0.1) is 0 Å². The minimum Gasteiger partial charge on any atom is -0.478 e. The van der Waals surface area contributed by atoms with Crippen molar-refractivity contribution in [2.75, 3.05) is 11.9 Å². The number of urea groups is 1. The maximum absolute atomic E-state index is 11.5. The highest BCUT2D eigenvalue weighted by atomic mass is 35.5. The van der Waals surface area contributed by atoms with E-state index < -0.39 is 12.0 Å². The summed E-state index contributed by atoms with van der Waals surface area (Å²) in [4.78, 5) is 22.4. The van der Waals surface area contributed by atoms with E-state index in [2.05, 4.69) is 10.6 Å². The molecule has 0 aliphatic rings. The summed E-state index contributed by atoms with van der Waals surface area (Å²) in [5.41, 5.74) is 1.45. The van der Waals surface area contributed by atoms with Crippen LogP contribution >= 0.6 is 11.6 Å². The minimum atomic E-state index is -1.10. The fourth-order valence-corrected chi connectivity index (χ4v) is 1.54. The molecule has 0 aromatic heterocycles. The summed E-state index contributed by atoms with van der Waals surface area (Å²) >= 11 is 5.78. The van der Waals surface area contributed by atoms with E-state index in [1.165, 1.54) is 18.2 Å². The number of rotatable bonds is 4. The average Bonchev–Trinajstić information content (AvgIpc) is 2.27. The molecule has 5 nitrogen and oxygen atoms in total. The number of hydrogen-bond acceptors (Lipinski definition) is 2. The molecule has 0 saturated heterocycles. The van der Waals surface area contributed by atoms with Gasteiger partial charge >= 0.3 is 12.0 Å². The highest BCUT2D eigenvalue weighted by Gasteiger charge is 2.08. The summed E-state index contributed by atoms with van der Waals surface area (Å²) in [6, 6.07) is 3.72. The number of allylic oxidation sites excluding steroid dienone is 1. The Hall–Kier alpha value is -2.01. The Kier molecular flexibility index (Phi) is 5.38. The van der Waals surface area contributed by atoms with E-state index in [9.17, 15) is 9.59 Å². The standard InChI is InChI=1S/C13H15ClN2O3/c1-8(2)3-4-15-13(19)16-11-6-9(12(17)18)5-10(14)7-11/h3,5-7H,4H2,1-2H3,(H,17,18)(H2,15,16,19). The van der Waals surface area contributed by atoms with Crippen molar-refractivity contribution in [3.8, 4) is 0 Å². The van der Waals surface area contributed by atoms with Gasteiger partial charge in [0.05, 0.1) is 5.56 Å². The number of amides is 2. The average molecular weight is 283 g/mol. The predicted molar refractivity (Wildman–Crippen MR) is 74.9 cm³/mol. The fraction of sp³-hybridized carbons (Fsp3) is 0.231. The van der Waals surface area contributed by atoms with Gasteiger partial charge in [0.2, 0.25) is 0 Å². The van der Waals surface area contributed by atoms with Gasteiger partial charge in [-0.3, -0.25) is 0 Å². The zero-order valence-corrected chi connectivity index (χ0v) is 11.4. The molecule has 0 fully saturated rings. The fourth-order valence-electron chi connectivity index (χ4n) is 1.31. The molecule has 1 rings (SSSR count). The maximum atomic E-state index is 11.5. The van der Waals surface area contributed by atoms with Crippen molar-refractivity contribution >= 4 is 29.3 Å². The number of halogens is 1. The monoisotopic (exact) mass is 282 g/mol. The lowest BCUT2D eigenvalue weighted by molar-refractivity contribution is 0.0697. The van der Waals surface area contributed by atoms with Crippen LogP contribution in [0, 0.1) is 0 Å². The van der Waals surface area contributed by atoms with Gasteiger partial charge < -0.3 is 15.7 Å². The summed E-state index contributed by atoms with van der Waals surface area (Å²) in [6.07, 6.45) is 1.86. The molecular weight excluding hydrogens is 268 g/mol. The Labute approximate surface area is 116 Å². The Balaban J connectivity index is 2.69. The van der Waals surface area contributed by atoms with Gasteiger partial charge in [0.1, 0.15) is 0 Å². The van der Waals surface area contributed by atoms with Crippen LogP contribution in [0.2, 0.25) is 5.02 Å². The van der Waals surface area contributed by atoms with Crippen LogP contribution in [0.4, 0.5) is 10.5 Å². The van der Waals surface area contributed by atoms with E-state index in [0.717, 1.165) is 5.57 Å². The van der Waals surface area contributed by atoms with Crippen molar-refractivity contribution in [1.82, 2.24) is 5.32 Å². The number of aromatic carboxylic acids is 1. The minimum absolute atomic E-state index is 0.0205. The van der Waals surface area contributed by atoms with Crippen molar-refractivity contribution < 1.29 is 14.7 Å². The lowest BCUT2D eigenvalue weighted by atomic mass is 10.2. The number of carbonyl (C=O) groups excluding carboxylic acids is 1. The first-order valence-corrected chi connectivity index (χ1v) is 5.98. The molecule has 6 heteroatoms. The zero-order chi connectivity index (χ0) is 14.4. The quantitative estimate of drug-likeness (QED) is 0.742. The van der Waals surface area contributed by atoms with Gasteiger partial charge in [0, 0.05) is 17.3 Å². The molecule has 1 aromatic rings. The SMILES string of the molecule is CC(C)=CCNC(=O)Nc1cc(Cl)cc(C(=O)O)c1. The normalized spacial score (nSPS) is 9.63. The molecule has 2 amide bonds. The summed E-state index contributed by atoms with van der Waals surface area (Å²) in [7, 11) is 0.